The lowest BCUT2D eigenvalue weighted by Gasteiger charge is -2.34. The Kier molecular flexibility index (Phi) is 7.09. The molecule has 0 saturated heterocycles. The van der Waals surface area contributed by atoms with E-state index in [0.717, 1.165) is 17.9 Å². The molecule has 0 N–H and O–H groups in total. The van der Waals surface area contributed by atoms with Crippen molar-refractivity contribution in [3.8, 4) is 33.4 Å². The summed E-state index contributed by atoms with van der Waals surface area (Å²) in [7, 11) is 0. The zero-order valence-corrected chi connectivity index (χ0v) is 29.9. The molecule has 6 aromatic carbocycles. The average molecular weight is 666 g/mol. The number of fused-ring (bicyclic) bond motifs is 5. The van der Waals surface area contributed by atoms with Gasteiger partial charge in [-0.05, 0) is 111 Å². The SMILES string of the molecule is CC1(C)C2=C(CCC(N(c3ccc(-c4ccccc4)cc3)c3ccccc3-c3ccccc3)=C2)c2cc3c(cc21)-c1c(Cl)cccc1C3(C)C. The highest BCUT2D eigenvalue weighted by Gasteiger charge is 2.43. The summed E-state index contributed by atoms with van der Waals surface area (Å²) < 4.78 is 0. The van der Waals surface area contributed by atoms with E-state index in [1.807, 2.05) is 6.07 Å². The molecule has 0 saturated carbocycles. The number of para-hydroxylation sites is 1. The number of allylic oxidation sites excluding steroid dienone is 4. The maximum Gasteiger partial charge on any atom is 0.0536 e. The number of rotatable bonds is 5. The van der Waals surface area contributed by atoms with Gasteiger partial charge in [-0.15, -0.1) is 0 Å². The van der Waals surface area contributed by atoms with Crippen LogP contribution in [-0.2, 0) is 10.8 Å². The van der Waals surface area contributed by atoms with Gasteiger partial charge in [0.1, 0.15) is 0 Å². The van der Waals surface area contributed by atoms with E-state index < -0.39 is 0 Å². The topological polar surface area (TPSA) is 3.24 Å². The number of hydrogen-bond acceptors (Lipinski definition) is 1. The highest BCUT2D eigenvalue weighted by Crippen LogP contribution is 2.58. The molecular formula is C48H40ClN. The van der Waals surface area contributed by atoms with Gasteiger partial charge in [0.25, 0.3) is 0 Å². The van der Waals surface area contributed by atoms with Crippen molar-refractivity contribution in [3.63, 3.8) is 0 Å². The van der Waals surface area contributed by atoms with Gasteiger partial charge >= 0.3 is 0 Å². The minimum atomic E-state index is -0.151. The number of hydrogen-bond donors (Lipinski definition) is 0. The first-order valence-electron chi connectivity index (χ1n) is 17.8. The molecule has 0 unspecified atom stereocenters. The first-order valence-corrected chi connectivity index (χ1v) is 18.1. The standard InChI is InChI=1S/C48H40ClN/c1-47(2)40-19-13-20-44(49)46(40)39-30-42-38(29-43(39)47)37-27-26-35(28-41(37)48(42,3)4)50(34-24-22-32(23-25-34)31-14-7-5-8-15-31)45-21-12-11-18-36(45)33-16-9-6-10-17-33/h5-25,28-30H,26-27H2,1-4H3. The second-order valence-corrected chi connectivity index (χ2v) is 15.4. The van der Waals surface area contributed by atoms with Crippen molar-refractivity contribution in [2.45, 2.75) is 51.4 Å². The summed E-state index contributed by atoms with van der Waals surface area (Å²) in [5.74, 6) is 0. The van der Waals surface area contributed by atoms with Crippen molar-refractivity contribution in [1.82, 2.24) is 0 Å². The fraction of sp³-hybridized carbons (Fsp3) is 0.167. The molecule has 0 aromatic heterocycles. The molecule has 0 spiro atoms. The normalized spacial score (nSPS) is 16.3. The monoisotopic (exact) mass is 665 g/mol. The Morgan fingerprint density at radius 3 is 1.88 bits per heavy atom. The lowest BCUT2D eigenvalue weighted by atomic mass is 9.78. The van der Waals surface area contributed by atoms with Crippen molar-refractivity contribution < 1.29 is 0 Å². The molecule has 50 heavy (non-hydrogen) atoms. The fourth-order valence-electron chi connectivity index (χ4n) is 8.85. The number of anilines is 2. The van der Waals surface area contributed by atoms with E-state index in [2.05, 4.69) is 172 Å². The Morgan fingerprint density at radius 1 is 0.520 bits per heavy atom. The Hall–Kier alpha value is -5.11. The van der Waals surface area contributed by atoms with Crippen LogP contribution >= 0.6 is 11.6 Å². The van der Waals surface area contributed by atoms with Crippen LogP contribution in [0.25, 0.3) is 39.0 Å². The third-order valence-electron chi connectivity index (χ3n) is 11.5. The van der Waals surface area contributed by atoms with E-state index >= 15 is 0 Å². The van der Waals surface area contributed by atoms with Gasteiger partial charge in [-0.2, -0.15) is 0 Å². The third kappa shape index (κ3) is 4.67. The molecule has 0 fully saturated rings. The van der Waals surface area contributed by atoms with Gasteiger partial charge in [0.15, 0.2) is 0 Å². The Balaban J connectivity index is 1.20. The fourth-order valence-corrected chi connectivity index (χ4v) is 9.13. The summed E-state index contributed by atoms with van der Waals surface area (Å²) in [6.45, 7) is 9.51. The van der Waals surface area contributed by atoms with Crippen molar-refractivity contribution in [3.05, 3.63) is 184 Å². The van der Waals surface area contributed by atoms with E-state index in [1.54, 1.807) is 0 Å². The molecule has 0 amide bonds. The summed E-state index contributed by atoms with van der Waals surface area (Å²) in [6, 6.07) is 50.8. The molecule has 0 bridgehead atoms. The summed E-state index contributed by atoms with van der Waals surface area (Å²) in [6.07, 6.45) is 4.46. The summed E-state index contributed by atoms with van der Waals surface area (Å²) in [5.41, 5.74) is 19.3. The molecular weight excluding hydrogens is 626 g/mol. The lowest BCUT2D eigenvalue weighted by Crippen LogP contribution is -2.22. The summed E-state index contributed by atoms with van der Waals surface area (Å²) >= 11 is 6.92. The van der Waals surface area contributed by atoms with E-state index in [-0.39, 0.29) is 10.8 Å². The Bertz CT molecular complexity index is 2360. The number of nitrogens with zero attached hydrogens (tertiary/aromatic N) is 1. The van der Waals surface area contributed by atoms with Gasteiger partial charge in [0.05, 0.1) is 5.69 Å². The van der Waals surface area contributed by atoms with E-state index in [9.17, 15) is 0 Å². The van der Waals surface area contributed by atoms with Crippen molar-refractivity contribution in [2.24, 2.45) is 0 Å². The van der Waals surface area contributed by atoms with Crippen molar-refractivity contribution in [2.75, 3.05) is 4.90 Å². The zero-order valence-electron chi connectivity index (χ0n) is 29.1. The molecule has 244 valence electrons. The van der Waals surface area contributed by atoms with Gasteiger partial charge in [-0.1, -0.05) is 142 Å². The minimum absolute atomic E-state index is 0.0996. The van der Waals surface area contributed by atoms with Crippen molar-refractivity contribution >= 4 is 28.5 Å². The van der Waals surface area contributed by atoms with Gasteiger partial charge in [0, 0.05) is 38.4 Å². The zero-order chi connectivity index (χ0) is 34.2. The minimum Gasteiger partial charge on any atom is -0.314 e. The largest absolute Gasteiger partial charge is 0.314 e. The predicted molar refractivity (Wildman–Crippen MR) is 212 cm³/mol. The van der Waals surface area contributed by atoms with E-state index in [1.165, 1.54) is 83.9 Å². The van der Waals surface area contributed by atoms with Crippen LogP contribution in [0.1, 0.15) is 62.8 Å². The van der Waals surface area contributed by atoms with E-state index in [0.29, 0.717) is 0 Å². The average Bonchev–Trinajstić information content (AvgIpc) is 3.51. The van der Waals surface area contributed by atoms with Crippen LogP contribution in [-0.4, -0.2) is 0 Å². The van der Waals surface area contributed by atoms with Crippen LogP contribution in [0.4, 0.5) is 11.4 Å². The van der Waals surface area contributed by atoms with Crippen molar-refractivity contribution in [1.29, 1.82) is 0 Å². The van der Waals surface area contributed by atoms with Crippen LogP contribution in [0.5, 0.6) is 0 Å². The smallest absolute Gasteiger partial charge is 0.0536 e. The van der Waals surface area contributed by atoms with Gasteiger partial charge < -0.3 is 4.90 Å². The Labute approximate surface area is 301 Å². The highest BCUT2D eigenvalue weighted by atomic mass is 35.5. The van der Waals surface area contributed by atoms with Crippen LogP contribution < -0.4 is 4.90 Å². The molecule has 6 aromatic rings. The lowest BCUT2D eigenvalue weighted by molar-refractivity contribution is 0.644. The predicted octanol–water partition coefficient (Wildman–Crippen LogP) is 13.5. The molecule has 0 radical (unpaired) electrons. The van der Waals surface area contributed by atoms with Crippen LogP contribution in [0.15, 0.2) is 157 Å². The van der Waals surface area contributed by atoms with Crippen LogP contribution in [0.3, 0.4) is 0 Å². The molecule has 1 nitrogen and oxygen atoms in total. The molecule has 2 heteroatoms. The number of benzene rings is 6. The van der Waals surface area contributed by atoms with Crippen LogP contribution in [0, 0.1) is 0 Å². The Morgan fingerprint density at radius 2 is 1.14 bits per heavy atom. The van der Waals surface area contributed by atoms with E-state index in [4.69, 9.17) is 11.6 Å². The van der Waals surface area contributed by atoms with Gasteiger partial charge in [-0.25, -0.2) is 0 Å². The second-order valence-electron chi connectivity index (χ2n) is 15.0. The molecule has 0 atom stereocenters. The summed E-state index contributed by atoms with van der Waals surface area (Å²) in [4.78, 5) is 2.51. The highest BCUT2D eigenvalue weighted by molar-refractivity contribution is 6.34. The first-order chi connectivity index (χ1) is 24.2. The van der Waals surface area contributed by atoms with Gasteiger partial charge in [0.2, 0.25) is 0 Å². The molecule has 0 aliphatic heterocycles. The molecule has 9 rings (SSSR count). The molecule has 3 aliphatic carbocycles. The third-order valence-corrected chi connectivity index (χ3v) is 11.8. The molecule has 3 aliphatic rings. The maximum atomic E-state index is 6.92. The maximum absolute atomic E-state index is 6.92. The van der Waals surface area contributed by atoms with Crippen LogP contribution in [0.2, 0.25) is 5.02 Å². The first kappa shape index (κ1) is 30.9. The number of halogens is 1. The van der Waals surface area contributed by atoms with Gasteiger partial charge in [-0.3, -0.25) is 0 Å². The second kappa shape index (κ2) is 11.5. The quantitative estimate of drug-likeness (QED) is 0.177. The molecule has 0 heterocycles. The summed E-state index contributed by atoms with van der Waals surface area (Å²) in [5, 5.41) is 0.844.